The SMILES string of the molecule is CCc1[nH]c2nc(Sc3ccc4cc(C(=O)O)c(C(=O)O)nc4c3)nc(N3CC[C@H](N)C3)c2c1Cl. The zero-order valence-electron chi connectivity index (χ0n) is 18.6. The zero-order chi connectivity index (χ0) is 24.9. The predicted molar refractivity (Wildman–Crippen MR) is 133 cm³/mol. The van der Waals surface area contributed by atoms with Crippen LogP contribution in [0.5, 0.6) is 0 Å². The second-order valence-corrected chi connectivity index (χ2v) is 9.69. The number of hydrogen-bond donors (Lipinski definition) is 4. The van der Waals surface area contributed by atoms with Gasteiger partial charge in [-0.15, -0.1) is 0 Å². The number of carbonyl (C=O) groups is 2. The molecule has 0 unspecified atom stereocenters. The molecule has 5 N–H and O–H groups in total. The fraction of sp³-hybridized carbons (Fsp3) is 0.261. The van der Waals surface area contributed by atoms with E-state index in [9.17, 15) is 19.8 Å². The van der Waals surface area contributed by atoms with E-state index < -0.39 is 17.6 Å². The molecular formula is C23H21ClN6O4S. The van der Waals surface area contributed by atoms with Crippen LogP contribution in [0.1, 0.15) is 39.9 Å². The molecule has 1 saturated heterocycles. The lowest BCUT2D eigenvalue weighted by molar-refractivity contribution is 0.0647. The van der Waals surface area contributed by atoms with Crippen molar-refractivity contribution in [3.05, 3.63) is 46.2 Å². The maximum absolute atomic E-state index is 11.5. The third-order valence-corrected chi connectivity index (χ3v) is 7.20. The Balaban J connectivity index is 1.58. The number of hydrogen-bond acceptors (Lipinski definition) is 8. The van der Waals surface area contributed by atoms with Crippen molar-refractivity contribution in [3.63, 3.8) is 0 Å². The highest BCUT2D eigenvalue weighted by Crippen LogP contribution is 2.38. The van der Waals surface area contributed by atoms with E-state index in [0.29, 0.717) is 33.3 Å². The maximum Gasteiger partial charge on any atom is 0.355 e. The third kappa shape index (κ3) is 4.26. The first-order valence-electron chi connectivity index (χ1n) is 10.9. The van der Waals surface area contributed by atoms with Gasteiger partial charge in [-0.05, 0) is 42.8 Å². The van der Waals surface area contributed by atoms with Crippen LogP contribution in [0.25, 0.3) is 21.9 Å². The Morgan fingerprint density at radius 2 is 2.03 bits per heavy atom. The Hall–Kier alpha value is -3.41. The molecule has 1 aliphatic heterocycles. The van der Waals surface area contributed by atoms with Crippen LogP contribution in [-0.4, -0.2) is 61.2 Å². The Morgan fingerprint density at radius 1 is 1.23 bits per heavy atom. The van der Waals surface area contributed by atoms with Gasteiger partial charge in [0.15, 0.2) is 10.9 Å². The Kier molecular flexibility index (Phi) is 5.99. The molecule has 3 aromatic heterocycles. The summed E-state index contributed by atoms with van der Waals surface area (Å²) in [4.78, 5) is 42.7. The summed E-state index contributed by atoms with van der Waals surface area (Å²) in [7, 11) is 0. The third-order valence-electron chi connectivity index (χ3n) is 5.93. The number of aromatic nitrogens is 4. The van der Waals surface area contributed by atoms with Crippen LogP contribution >= 0.6 is 23.4 Å². The standard InChI is InChI=1S/C23H21ClN6O4S/c1-2-14-17(24)16-19(27-14)28-23(29-20(16)30-6-5-11(25)9-30)35-12-4-3-10-7-13(21(31)32)18(22(33)34)26-15(10)8-12/h3-4,7-8,11H,2,5-6,9,25H2,1H3,(H,31,32)(H,33,34)(H,27,28,29)/t11-/m0/s1. The van der Waals surface area contributed by atoms with Gasteiger partial charge in [-0.3, -0.25) is 0 Å². The van der Waals surface area contributed by atoms with E-state index in [4.69, 9.17) is 22.3 Å². The topological polar surface area (TPSA) is 158 Å². The van der Waals surface area contributed by atoms with E-state index in [1.807, 2.05) is 6.92 Å². The lowest BCUT2D eigenvalue weighted by atomic mass is 10.1. The Bertz CT molecular complexity index is 1510. The van der Waals surface area contributed by atoms with Gasteiger partial charge in [0.05, 0.1) is 21.5 Å². The van der Waals surface area contributed by atoms with Gasteiger partial charge in [0.25, 0.3) is 0 Å². The minimum Gasteiger partial charge on any atom is -0.478 e. The predicted octanol–water partition coefficient (Wildman–Crippen LogP) is 3.81. The van der Waals surface area contributed by atoms with Gasteiger partial charge in [0, 0.05) is 35.1 Å². The first-order chi connectivity index (χ1) is 16.7. The molecule has 1 fully saturated rings. The van der Waals surface area contributed by atoms with Gasteiger partial charge in [-0.1, -0.05) is 24.6 Å². The summed E-state index contributed by atoms with van der Waals surface area (Å²) in [5.74, 6) is -2.02. The number of aromatic carboxylic acids is 2. The minimum atomic E-state index is -1.40. The van der Waals surface area contributed by atoms with Crippen molar-refractivity contribution in [2.24, 2.45) is 5.73 Å². The number of anilines is 1. The minimum absolute atomic E-state index is 0.0603. The first kappa shape index (κ1) is 23.3. The molecule has 0 radical (unpaired) electrons. The van der Waals surface area contributed by atoms with Crippen molar-refractivity contribution in [2.75, 3.05) is 18.0 Å². The summed E-state index contributed by atoms with van der Waals surface area (Å²) in [6, 6.07) is 6.55. The molecule has 4 aromatic rings. The highest BCUT2D eigenvalue weighted by atomic mass is 35.5. The smallest absolute Gasteiger partial charge is 0.355 e. The fourth-order valence-electron chi connectivity index (χ4n) is 4.21. The van der Waals surface area contributed by atoms with Gasteiger partial charge in [-0.25, -0.2) is 24.5 Å². The second kappa shape index (κ2) is 8.99. The van der Waals surface area contributed by atoms with Gasteiger partial charge in [-0.2, -0.15) is 0 Å². The number of benzene rings is 1. The van der Waals surface area contributed by atoms with Gasteiger partial charge in [0.1, 0.15) is 11.5 Å². The van der Waals surface area contributed by atoms with Crippen molar-refractivity contribution in [3.8, 4) is 0 Å². The van der Waals surface area contributed by atoms with Crippen LogP contribution in [0.2, 0.25) is 5.02 Å². The summed E-state index contributed by atoms with van der Waals surface area (Å²) in [5.41, 5.74) is 7.15. The van der Waals surface area contributed by atoms with Gasteiger partial charge >= 0.3 is 11.9 Å². The summed E-state index contributed by atoms with van der Waals surface area (Å²) < 4.78 is 0. The molecule has 35 heavy (non-hydrogen) atoms. The molecule has 0 aliphatic carbocycles. The molecular weight excluding hydrogens is 492 g/mol. The van der Waals surface area contributed by atoms with Crippen LogP contribution in [0.15, 0.2) is 34.3 Å². The summed E-state index contributed by atoms with van der Waals surface area (Å²) in [5, 5.41) is 21.1. The number of pyridine rings is 1. The molecule has 4 heterocycles. The van der Waals surface area contributed by atoms with Crippen molar-refractivity contribution in [1.82, 2.24) is 19.9 Å². The molecule has 0 amide bonds. The quantitative estimate of drug-likeness (QED) is 0.280. The zero-order valence-corrected chi connectivity index (χ0v) is 20.2. The number of H-pyrrole nitrogens is 1. The van der Waals surface area contributed by atoms with Crippen molar-refractivity contribution >= 4 is 63.1 Å². The Morgan fingerprint density at radius 3 is 2.69 bits per heavy atom. The van der Waals surface area contributed by atoms with Gasteiger partial charge in [0.2, 0.25) is 0 Å². The van der Waals surface area contributed by atoms with Crippen molar-refractivity contribution in [1.29, 1.82) is 0 Å². The lowest BCUT2D eigenvalue weighted by Gasteiger charge is -2.18. The largest absolute Gasteiger partial charge is 0.478 e. The molecule has 12 heteroatoms. The number of nitrogens with one attached hydrogen (secondary N) is 1. The van der Waals surface area contributed by atoms with Crippen LogP contribution < -0.4 is 10.6 Å². The number of carboxylic acid groups (broad SMARTS) is 2. The van der Waals surface area contributed by atoms with E-state index >= 15 is 0 Å². The molecule has 1 aliphatic rings. The summed E-state index contributed by atoms with van der Waals surface area (Å²) in [6.45, 7) is 3.45. The number of aryl methyl sites for hydroxylation is 1. The number of rotatable bonds is 6. The first-order valence-corrected chi connectivity index (χ1v) is 12.1. The van der Waals surface area contributed by atoms with Crippen molar-refractivity contribution < 1.29 is 19.8 Å². The molecule has 1 aromatic carbocycles. The number of nitrogens with zero attached hydrogens (tertiary/aromatic N) is 4. The molecule has 1 atom stereocenters. The fourth-order valence-corrected chi connectivity index (χ4v) is 5.35. The van der Waals surface area contributed by atoms with Crippen LogP contribution in [0.3, 0.4) is 0 Å². The highest BCUT2D eigenvalue weighted by molar-refractivity contribution is 7.99. The number of halogens is 1. The van der Waals surface area contributed by atoms with E-state index in [-0.39, 0.29) is 11.6 Å². The van der Waals surface area contributed by atoms with E-state index in [1.165, 1.54) is 17.8 Å². The Labute approximate surface area is 208 Å². The van der Waals surface area contributed by atoms with Gasteiger partial charge < -0.3 is 25.8 Å². The highest BCUT2D eigenvalue weighted by Gasteiger charge is 2.26. The molecule has 180 valence electrons. The average molecular weight is 513 g/mol. The summed E-state index contributed by atoms with van der Waals surface area (Å²) >= 11 is 7.95. The average Bonchev–Trinajstić information content (AvgIpc) is 3.40. The van der Waals surface area contributed by atoms with E-state index in [2.05, 4.69) is 19.9 Å². The normalized spacial score (nSPS) is 15.9. The second-order valence-electron chi connectivity index (χ2n) is 8.27. The number of nitrogens with two attached hydrogens (primary N) is 1. The monoisotopic (exact) mass is 512 g/mol. The molecule has 0 bridgehead atoms. The van der Waals surface area contributed by atoms with Crippen molar-refractivity contribution in [2.45, 2.75) is 35.9 Å². The molecule has 0 saturated carbocycles. The van der Waals surface area contributed by atoms with Crippen LogP contribution in [0.4, 0.5) is 5.82 Å². The molecule has 0 spiro atoms. The maximum atomic E-state index is 11.5. The summed E-state index contributed by atoms with van der Waals surface area (Å²) in [6.07, 6.45) is 1.58. The van der Waals surface area contributed by atoms with E-state index in [0.717, 1.165) is 41.2 Å². The number of fused-ring (bicyclic) bond motifs is 2. The molecule has 10 nitrogen and oxygen atoms in total. The van der Waals surface area contributed by atoms with E-state index in [1.54, 1.807) is 18.2 Å². The number of aromatic amines is 1. The molecule has 5 rings (SSSR count). The van der Waals surface area contributed by atoms with Crippen LogP contribution in [-0.2, 0) is 6.42 Å². The lowest BCUT2D eigenvalue weighted by Crippen LogP contribution is -2.27. The number of carboxylic acids is 2. The van der Waals surface area contributed by atoms with Crippen LogP contribution in [0, 0.1) is 0 Å².